The maximum atomic E-state index is 13.8. The fourth-order valence-corrected chi connectivity index (χ4v) is 4.74. The number of hydrogen-bond donors (Lipinski definition) is 0. The monoisotopic (exact) mass is 540 g/mol. The first-order valence-electron chi connectivity index (χ1n) is 11.3. The molecule has 0 saturated carbocycles. The van der Waals surface area contributed by atoms with E-state index in [2.05, 4.69) is 5.92 Å². The van der Waals surface area contributed by atoms with Gasteiger partial charge in [0.15, 0.2) is 6.29 Å². The molecular weight excluding hydrogens is 517 g/mol. The van der Waals surface area contributed by atoms with E-state index in [0.29, 0.717) is 23.1 Å². The minimum atomic E-state index is -5.14. The number of ether oxygens (including phenoxy) is 4. The van der Waals surface area contributed by atoms with Crippen molar-refractivity contribution in [2.24, 2.45) is 0 Å². The van der Waals surface area contributed by atoms with Gasteiger partial charge >= 0.3 is 11.9 Å². The number of halogens is 3. The van der Waals surface area contributed by atoms with Gasteiger partial charge in [-0.15, -0.1) is 6.42 Å². The Kier molecular flexibility index (Phi) is 8.56. The molecule has 0 amide bonds. The molecule has 198 valence electrons. The average molecular weight is 541 g/mol. The molecule has 4 rings (SSSR count). The Balaban J connectivity index is 1.69. The summed E-state index contributed by atoms with van der Waals surface area (Å²) in [6.45, 7) is 0.356. The molecule has 37 heavy (non-hydrogen) atoms. The molecule has 2 saturated heterocycles. The van der Waals surface area contributed by atoms with Crippen LogP contribution in [-0.2, 0) is 25.1 Å². The Labute approximate surface area is 213 Å². The topological polar surface area (TPSA) is 98.0 Å². The van der Waals surface area contributed by atoms with Crippen molar-refractivity contribution in [3.05, 3.63) is 68.5 Å². The van der Waals surface area contributed by atoms with E-state index in [1.54, 1.807) is 17.8 Å². The second kappa shape index (κ2) is 11.7. The highest BCUT2D eigenvalue weighted by Crippen LogP contribution is 2.32. The molecule has 4 atom stereocenters. The molecule has 0 N–H and O–H groups in total. The van der Waals surface area contributed by atoms with Gasteiger partial charge in [-0.2, -0.15) is 29.5 Å². The van der Waals surface area contributed by atoms with E-state index in [1.165, 1.54) is 24.3 Å². The quantitative estimate of drug-likeness (QED) is 0.493. The Hall–Kier alpha value is -2.89. The van der Waals surface area contributed by atoms with Crippen molar-refractivity contribution < 1.29 is 36.9 Å². The van der Waals surface area contributed by atoms with Gasteiger partial charge in [0.2, 0.25) is 0 Å². The maximum Gasteiger partial charge on any atom is 0.423 e. The van der Waals surface area contributed by atoms with E-state index in [4.69, 9.17) is 25.4 Å². The highest BCUT2D eigenvalue weighted by Gasteiger charge is 2.42. The van der Waals surface area contributed by atoms with E-state index in [9.17, 15) is 27.6 Å². The van der Waals surface area contributed by atoms with Crippen LogP contribution in [0.1, 0.15) is 28.6 Å². The highest BCUT2D eigenvalue weighted by atomic mass is 32.2. The van der Waals surface area contributed by atoms with Gasteiger partial charge < -0.3 is 18.9 Å². The predicted octanol–water partition coefficient (Wildman–Crippen LogP) is 2.13. The Morgan fingerprint density at radius 2 is 1.97 bits per heavy atom. The molecule has 0 spiro atoms. The van der Waals surface area contributed by atoms with Gasteiger partial charge in [-0.1, -0.05) is 24.1 Å². The maximum absolute atomic E-state index is 13.8. The van der Waals surface area contributed by atoms with Crippen molar-refractivity contribution in [2.45, 2.75) is 37.3 Å². The SMILES string of the molecule is C#CCO[C@H]1C[C@H](n2cc(C(F)(F)F)c(=O)n(C(=O)c3ccccc3)c2=O)O[C@@H]1COC1CSCCO1. The Bertz CT molecular complexity index is 1270. The molecule has 0 aliphatic carbocycles. The zero-order valence-corrected chi connectivity index (χ0v) is 20.2. The number of nitrogens with zero attached hydrogens (tertiary/aromatic N) is 2. The minimum Gasteiger partial charge on any atom is -0.363 e. The number of carbonyl (C=O) groups is 1. The zero-order chi connectivity index (χ0) is 26.6. The first kappa shape index (κ1) is 27.2. The third-order valence-electron chi connectivity index (χ3n) is 5.75. The summed E-state index contributed by atoms with van der Waals surface area (Å²) in [5, 5.41) is 0. The summed E-state index contributed by atoms with van der Waals surface area (Å²) in [5.74, 6) is 2.54. The van der Waals surface area contributed by atoms with Gasteiger partial charge in [0.05, 0.1) is 19.3 Å². The minimum absolute atomic E-state index is 0.0320. The van der Waals surface area contributed by atoms with Crippen LogP contribution in [0.3, 0.4) is 0 Å². The lowest BCUT2D eigenvalue weighted by Crippen LogP contribution is -2.47. The van der Waals surface area contributed by atoms with Crippen LogP contribution in [0.2, 0.25) is 0 Å². The standard InChI is InChI=1S/C24H23F3N2O7S/c1-2-8-33-17-11-19(36-18(17)13-35-20-14-37-10-9-34-20)28-12-16(24(25,26)27)22(31)29(23(28)32)21(30)15-6-4-3-5-7-15/h1,3-7,12,17-20H,8-11,13-14H2/t17-,18+,19+,20?/m0/s1. The Morgan fingerprint density at radius 1 is 1.22 bits per heavy atom. The van der Waals surface area contributed by atoms with Crippen LogP contribution < -0.4 is 11.2 Å². The first-order chi connectivity index (χ1) is 17.7. The summed E-state index contributed by atoms with van der Waals surface area (Å²) in [6.07, 6.45) is -2.90. The summed E-state index contributed by atoms with van der Waals surface area (Å²) in [4.78, 5) is 38.8. The van der Waals surface area contributed by atoms with Crippen molar-refractivity contribution in [2.75, 3.05) is 31.3 Å². The summed E-state index contributed by atoms with van der Waals surface area (Å²) < 4.78 is 64.6. The lowest BCUT2D eigenvalue weighted by Gasteiger charge is -2.25. The molecule has 2 aromatic rings. The molecule has 2 aliphatic rings. The number of benzene rings is 1. The largest absolute Gasteiger partial charge is 0.423 e. The van der Waals surface area contributed by atoms with Crippen LogP contribution in [0.4, 0.5) is 13.2 Å². The van der Waals surface area contributed by atoms with Crippen LogP contribution in [0.15, 0.2) is 46.1 Å². The van der Waals surface area contributed by atoms with Crippen LogP contribution in [0.5, 0.6) is 0 Å². The summed E-state index contributed by atoms with van der Waals surface area (Å²) in [7, 11) is 0. The van der Waals surface area contributed by atoms with Gasteiger partial charge in [-0.25, -0.2) is 4.79 Å². The third kappa shape index (κ3) is 6.16. The molecule has 0 bridgehead atoms. The fourth-order valence-electron chi connectivity index (χ4n) is 3.98. The molecule has 0 radical (unpaired) electrons. The summed E-state index contributed by atoms with van der Waals surface area (Å²) >= 11 is 1.64. The van der Waals surface area contributed by atoms with Crippen molar-refractivity contribution in [3.8, 4) is 12.3 Å². The molecule has 1 aromatic heterocycles. The van der Waals surface area contributed by atoms with Gasteiger partial charge in [-0.05, 0) is 12.1 Å². The predicted molar refractivity (Wildman–Crippen MR) is 126 cm³/mol. The molecule has 1 aromatic carbocycles. The molecule has 13 heteroatoms. The van der Waals surface area contributed by atoms with Gasteiger partial charge in [0.25, 0.3) is 11.5 Å². The van der Waals surface area contributed by atoms with Crippen LogP contribution in [-0.4, -0.2) is 64.9 Å². The molecule has 2 aliphatic heterocycles. The van der Waals surface area contributed by atoms with E-state index in [-0.39, 0.29) is 29.8 Å². The fraction of sp³-hybridized carbons (Fsp3) is 0.458. The lowest BCUT2D eigenvalue weighted by molar-refractivity contribution is -0.161. The van der Waals surface area contributed by atoms with Crippen molar-refractivity contribution in [3.63, 3.8) is 0 Å². The van der Waals surface area contributed by atoms with Gasteiger partial charge in [-0.3, -0.25) is 14.2 Å². The normalized spacial score (nSPS) is 24.1. The molecule has 3 heterocycles. The number of terminal acetylenes is 1. The summed E-state index contributed by atoms with van der Waals surface area (Å²) in [6, 6.07) is 7.06. The van der Waals surface area contributed by atoms with E-state index in [0.717, 1.165) is 5.75 Å². The van der Waals surface area contributed by atoms with Gasteiger partial charge in [0.1, 0.15) is 24.5 Å². The number of rotatable bonds is 7. The number of alkyl halides is 3. The number of aromatic nitrogens is 2. The molecule has 9 nitrogen and oxygen atoms in total. The highest BCUT2D eigenvalue weighted by molar-refractivity contribution is 7.99. The van der Waals surface area contributed by atoms with Gasteiger partial charge in [0, 0.05) is 29.7 Å². The molecule has 1 unspecified atom stereocenters. The second-order valence-corrected chi connectivity index (χ2v) is 9.32. The average Bonchev–Trinajstić information content (AvgIpc) is 3.29. The van der Waals surface area contributed by atoms with Crippen molar-refractivity contribution in [1.29, 1.82) is 0 Å². The second-order valence-electron chi connectivity index (χ2n) is 8.17. The van der Waals surface area contributed by atoms with Crippen LogP contribution in [0, 0.1) is 12.3 Å². The zero-order valence-electron chi connectivity index (χ0n) is 19.4. The molecule has 2 fully saturated rings. The summed E-state index contributed by atoms with van der Waals surface area (Å²) in [5.41, 5.74) is -4.87. The van der Waals surface area contributed by atoms with E-state index < -0.39 is 53.6 Å². The third-order valence-corrected chi connectivity index (χ3v) is 6.71. The smallest absolute Gasteiger partial charge is 0.363 e. The lowest BCUT2D eigenvalue weighted by atomic mass is 10.2. The van der Waals surface area contributed by atoms with Crippen molar-refractivity contribution in [1.82, 2.24) is 9.13 Å². The van der Waals surface area contributed by atoms with Crippen molar-refractivity contribution >= 4 is 17.7 Å². The van der Waals surface area contributed by atoms with E-state index >= 15 is 0 Å². The first-order valence-corrected chi connectivity index (χ1v) is 12.4. The number of carbonyl (C=O) groups excluding carboxylic acids is 1. The Morgan fingerprint density at radius 3 is 2.62 bits per heavy atom. The van der Waals surface area contributed by atoms with Crippen LogP contribution in [0.25, 0.3) is 0 Å². The number of hydrogen-bond acceptors (Lipinski definition) is 8. The van der Waals surface area contributed by atoms with E-state index in [1.807, 2.05) is 0 Å². The number of thioether (sulfide) groups is 1. The molecular formula is C24H23F3N2O7S. The van der Waals surface area contributed by atoms with Crippen LogP contribution >= 0.6 is 11.8 Å².